The minimum atomic E-state index is -0.226. The average molecular weight is 421 g/mol. The molecule has 1 aromatic heterocycles. The van der Waals surface area contributed by atoms with Gasteiger partial charge in [-0.3, -0.25) is 9.59 Å². The summed E-state index contributed by atoms with van der Waals surface area (Å²) in [5.41, 5.74) is 2.60. The lowest BCUT2D eigenvalue weighted by atomic mass is 9.71. The summed E-state index contributed by atoms with van der Waals surface area (Å²) in [6, 6.07) is 11.8. The molecule has 1 atom stereocenters. The number of amides is 2. The monoisotopic (exact) mass is 420 g/mol. The van der Waals surface area contributed by atoms with E-state index < -0.39 is 0 Å². The number of hydrogen-bond donors (Lipinski definition) is 2. The quantitative estimate of drug-likeness (QED) is 0.779. The standard InChI is InChI=1S/C19H21BrN2O2S/c1-19(2)10-9-14(12-5-3-4-6-13(12)19)22-17(23)11-21-18(24)15-7-8-16(20)25-15/h3-8,14H,9-11H2,1-2H3,(H,21,24)(H,22,23). The van der Waals surface area contributed by atoms with E-state index in [9.17, 15) is 9.59 Å². The van der Waals surface area contributed by atoms with Gasteiger partial charge in [0.15, 0.2) is 0 Å². The third kappa shape index (κ3) is 4.12. The van der Waals surface area contributed by atoms with Gasteiger partial charge in [-0.15, -0.1) is 11.3 Å². The largest absolute Gasteiger partial charge is 0.348 e. The Balaban J connectivity index is 1.61. The van der Waals surface area contributed by atoms with Gasteiger partial charge in [0.1, 0.15) is 0 Å². The van der Waals surface area contributed by atoms with Crippen molar-refractivity contribution in [1.82, 2.24) is 10.6 Å². The molecule has 0 spiro atoms. The van der Waals surface area contributed by atoms with Gasteiger partial charge in [-0.1, -0.05) is 38.1 Å². The van der Waals surface area contributed by atoms with Crippen LogP contribution in [0.1, 0.15) is 53.5 Å². The van der Waals surface area contributed by atoms with Crippen LogP contribution in [-0.4, -0.2) is 18.4 Å². The highest BCUT2D eigenvalue weighted by Gasteiger charge is 2.32. The molecule has 6 heteroatoms. The number of nitrogens with one attached hydrogen (secondary N) is 2. The zero-order chi connectivity index (χ0) is 18.0. The van der Waals surface area contributed by atoms with Crippen LogP contribution in [0.5, 0.6) is 0 Å². The first-order valence-electron chi connectivity index (χ1n) is 8.29. The zero-order valence-electron chi connectivity index (χ0n) is 14.3. The molecular formula is C19H21BrN2O2S. The lowest BCUT2D eigenvalue weighted by molar-refractivity contribution is -0.121. The van der Waals surface area contributed by atoms with E-state index >= 15 is 0 Å². The molecule has 3 rings (SSSR count). The zero-order valence-corrected chi connectivity index (χ0v) is 16.7. The maximum absolute atomic E-state index is 12.3. The highest BCUT2D eigenvalue weighted by atomic mass is 79.9. The molecule has 0 saturated heterocycles. The summed E-state index contributed by atoms with van der Waals surface area (Å²) in [6.45, 7) is 4.46. The maximum Gasteiger partial charge on any atom is 0.261 e. The van der Waals surface area contributed by atoms with E-state index in [2.05, 4.69) is 52.5 Å². The smallest absolute Gasteiger partial charge is 0.261 e. The summed E-state index contributed by atoms with van der Waals surface area (Å²) >= 11 is 4.68. The molecule has 0 fully saturated rings. The first-order chi connectivity index (χ1) is 11.9. The summed E-state index contributed by atoms with van der Waals surface area (Å²) in [5, 5.41) is 5.75. The second kappa shape index (κ2) is 7.30. The second-order valence-electron chi connectivity index (χ2n) is 6.92. The van der Waals surface area contributed by atoms with Crippen molar-refractivity contribution in [1.29, 1.82) is 0 Å². The molecular weight excluding hydrogens is 400 g/mol. The van der Waals surface area contributed by atoms with Gasteiger partial charge in [-0.05, 0) is 57.4 Å². The fraction of sp³-hybridized carbons (Fsp3) is 0.368. The van der Waals surface area contributed by atoms with E-state index in [1.54, 1.807) is 6.07 Å². The van der Waals surface area contributed by atoms with Crippen molar-refractivity contribution in [2.24, 2.45) is 0 Å². The van der Waals surface area contributed by atoms with Gasteiger partial charge in [-0.25, -0.2) is 0 Å². The van der Waals surface area contributed by atoms with Crippen molar-refractivity contribution in [3.8, 4) is 0 Å². The van der Waals surface area contributed by atoms with Gasteiger partial charge in [-0.2, -0.15) is 0 Å². The van der Waals surface area contributed by atoms with E-state index in [1.807, 2.05) is 18.2 Å². The number of benzene rings is 1. The Labute approximate surface area is 160 Å². The molecule has 1 aliphatic rings. The highest BCUT2D eigenvalue weighted by Crippen LogP contribution is 2.41. The minimum Gasteiger partial charge on any atom is -0.348 e. The van der Waals surface area contributed by atoms with Gasteiger partial charge in [0, 0.05) is 0 Å². The molecule has 1 heterocycles. The third-order valence-corrected chi connectivity index (χ3v) is 6.29. The summed E-state index contributed by atoms with van der Waals surface area (Å²) in [5.74, 6) is -0.389. The fourth-order valence-electron chi connectivity index (χ4n) is 3.29. The van der Waals surface area contributed by atoms with Crippen molar-refractivity contribution in [3.05, 3.63) is 56.2 Å². The van der Waals surface area contributed by atoms with Crippen LogP contribution >= 0.6 is 27.3 Å². The van der Waals surface area contributed by atoms with Crippen molar-refractivity contribution >= 4 is 39.1 Å². The topological polar surface area (TPSA) is 58.2 Å². The molecule has 0 radical (unpaired) electrons. The first-order valence-corrected chi connectivity index (χ1v) is 9.90. The molecule has 132 valence electrons. The molecule has 1 aromatic carbocycles. The number of hydrogen-bond acceptors (Lipinski definition) is 3. The van der Waals surface area contributed by atoms with Crippen LogP contribution in [0.2, 0.25) is 0 Å². The Morgan fingerprint density at radius 3 is 2.72 bits per heavy atom. The summed E-state index contributed by atoms with van der Waals surface area (Å²) in [7, 11) is 0. The number of fused-ring (bicyclic) bond motifs is 1. The van der Waals surface area contributed by atoms with Gasteiger partial charge < -0.3 is 10.6 Å². The first kappa shape index (κ1) is 18.1. The SMILES string of the molecule is CC1(C)CCC(NC(=O)CNC(=O)c2ccc(Br)s2)c2ccccc21. The molecule has 2 N–H and O–H groups in total. The van der Waals surface area contributed by atoms with E-state index in [0.29, 0.717) is 4.88 Å². The Morgan fingerprint density at radius 1 is 1.24 bits per heavy atom. The molecule has 1 unspecified atom stereocenters. The number of carbonyl (C=O) groups is 2. The van der Waals surface area contributed by atoms with Gasteiger partial charge in [0.2, 0.25) is 5.91 Å². The van der Waals surface area contributed by atoms with Crippen LogP contribution in [0, 0.1) is 0 Å². The van der Waals surface area contributed by atoms with E-state index in [1.165, 1.54) is 22.5 Å². The fourth-order valence-corrected chi connectivity index (χ4v) is 4.59. The average Bonchev–Trinajstić information content (AvgIpc) is 3.02. The van der Waals surface area contributed by atoms with Gasteiger partial charge in [0.05, 0.1) is 21.3 Å². The van der Waals surface area contributed by atoms with Crippen molar-refractivity contribution in [3.63, 3.8) is 0 Å². The number of halogens is 1. The van der Waals surface area contributed by atoms with Crippen LogP contribution < -0.4 is 10.6 Å². The van der Waals surface area contributed by atoms with Crippen molar-refractivity contribution in [2.75, 3.05) is 6.54 Å². The Bertz CT molecular complexity index is 800. The van der Waals surface area contributed by atoms with Crippen molar-refractivity contribution < 1.29 is 9.59 Å². The minimum absolute atomic E-state index is 0.00418. The van der Waals surface area contributed by atoms with E-state index in [4.69, 9.17) is 0 Å². The Hall–Kier alpha value is -1.66. The van der Waals surface area contributed by atoms with Crippen LogP contribution in [0.3, 0.4) is 0 Å². The summed E-state index contributed by atoms with van der Waals surface area (Å²) < 4.78 is 0.892. The van der Waals surface area contributed by atoms with E-state index in [-0.39, 0.29) is 29.8 Å². The second-order valence-corrected chi connectivity index (χ2v) is 9.38. The Morgan fingerprint density at radius 2 is 2.00 bits per heavy atom. The molecule has 25 heavy (non-hydrogen) atoms. The normalized spacial score (nSPS) is 18.3. The molecule has 0 saturated carbocycles. The molecule has 2 amide bonds. The molecule has 4 nitrogen and oxygen atoms in total. The van der Waals surface area contributed by atoms with Crippen LogP contribution in [0.15, 0.2) is 40.2 Å². The van der Waals surface area contributed by atoms with Gasteiger partial charge in [0.25, 0.3) is 5.91 Å². The molecule has 1 aliphatic carbocycles. The number of rotatable bonds is 4. The maximum atomic E-state index is 12.3. The van der Waals surface area contributed by atoms with Crippen LogP contribution in [-0.2, 0) is 10.2 Å². The highest BCUT2D eigenvalue weighted by molar-refractivity contribution is 9.11. The summed E-state index contributed by atoms with van der Waals surface area (Å²) in [4.78, 5) is 24.9. The Kier molecular flexibility index (Phi) is 5.29. The molecule has 2 aromatic rings. The predicted octanol–water partition coefficient (Wildman–Crippen LogP) is 4.17. The summed E-state index contributed by atoms with van der Waals surface area (Å²) in [6.07, 6.45) is 1.92. The number of thiophene rings is 1. The molecule has 0 aliphatic heterocycles. The molecule has 0 bridgehead atoms. The van der Waals surface area contributed by atoms with Gasteiger partial charge >= 0.3 is 0 Å². The lowest BCUT2D eigenvalue weighted by Crippen LogP contribution is -2.41. The lowest BCUT2D eigenvalue weighted by Gasteiger charge is -2.37. The third-order valence-electron chi connectivity index (χ3n) is 4.67. The van der Waals surface area contributed by atoms with Crippen molar-refractivity contribution in [2.45, 2.75) is 38.1 Å². The van der Waals surface area contributed by atoms with Crippen LogP contribution in [0.4, 0.5) is 0 Å². The van der Waals surface area contributed by atoms with E-state index in [0.717, 1.165) is 16.6 Å². The predicted molar refractivity (Wildman–Crippen MR) is 104 cm³/mol. The van der Waals surface area contributed by atoms with Crippen LogP contribution in [0.25, 0.3) is 0 Å². The number of carbonyl (C=O) groups excluding carboxylic acids is 2.